The fourth-order valence-electron chi connectivity index (χ4n) is 0.957. The van der Waals surface area contributed by atoms with Gasteiger partial charge in [0, 0.05) is 0 Å². The van der Waals surface area contributed by atoms with Gasteiger partial charge >= 0.3 is 31.1 Å². The standard InChI is InChI=1S/C7H13N.U/c1-7(2)3-5-8-6-4-7;/h8H,1-6H2;/q-2;+2. The Kier molecular flexibility index (Phi) is 4.46. The number of rotatable bonds is 0. The van der Waals surface area contributed by atoms with Crippen LogP contribution in [0.25, 0.3) is 0 Å². The zero-order valence-corrected chi connectivity index (χ0v) is 9.91. The first kappa shape index (κ1) is 10.0. The molecule has 0 saturated carbocycles. The van der Waals surface area contributed by atoms with Crippen LogP contribution in [0.5, 0.6) is 0 Å². The summed E-state index contributed by atoms with van der Waals surface area (Å²) in [6.07, 6.45) is 2.24. The molecule has 0 bridgehead atoms. The van der Waals surface area contributed by atoms with Crippen molar-refractivity contribution >= 4 is 0 Å². The van der Waals surface area contributed by atoms with E-state index in [0.29, 0.717) is 0 Å². The van der Waals surface area contributed by atoms with E-state index in [1.165, 1.54) is 0 Å². The molecule has 1 N–H and O–H groups in total. The van der Waals surface area contributed by atoms with Crippen LogP contribution in [-0.4, -0.2) is 13.1 Å². The summed E-state index contributed by atoms with van der Waals surface area (Å²) in [5.41, 5.74) is 0.116. The predicted octanol–water partition coefficient (Wildman–Crippen LogP) is 1.02. The van der Waals surface area contributed by atoms with Crippen molar-refractivity contribution in [2.75, 3.05) is 13.1 Å². The molecule has 1 rings (SSSR count). The van der Waals surface area contributed by atoms with Gasteiger partial charge in [0.2, 0.25) is 0 Å². The molecule has 2 heteroatoms. The third-order valence-electron chi connectivity index (χ3n) is 1.66. The van der Waals surface area contributed by atoms with Crippen LogP contribution in [0.1, 0.15) is 12.8 Å². The van der Waals surface area contributed by atoms with Crippen LogP contribution < -0.4 is 5.32 Å². The average molecular weight is 349 g/mol. The SMILES string of the molecule is [CH2-]C1([CH2-])CCNCC1.[U+2]. The molecule has 0 spiro atoms. The van der Waals surface area contributed by atoms with Crippen LogP contribution in [0.2, 0.25) is 0 Å². The average Bonchev–Trinajstić information content (AvgIpc) is 1.65. The number of nitrogens with one attached hydrogen (secondary N) is 1. The van der Waals surface area contributed by atoms with E-state index in [0.717, 1.165) is 25.9 Å². The molecule has 9 heavy (non-hydrogen) atoms. The normalized spacial score (nSPS) is 24.7. The van der Waals surface area contributed by atoms with Crippen molar-refractivity contribution in [3.63, 3.8) is 0 Å². The molecule has 1 heterocycles. The van der Waals surface area contributed by atoms with E-state index in [1.54, 1.807) is 0 Å². The third kappa shape index (κ3) is 3.65. The van der Waals surface area contributed by atoms with Crippen molar-refractivity contribution in [1.29, 1.82) is 0 Å². The van der Waals surface area contributed by atoms with Gasteiger partial charge in [-0.05, 0) is 13.1 Å². The Labute approximate surface area is 81.4 Å². The monoisotopic (exact) mass is 349 g/mol. The van der Waals surface area contributed by atoms with Gasteiger partial charge in [0.1, 0.15) is 0 Å². The van der Waals surface area contributed by atoms with E-state index in [2.05, 4.69) is 19.2 Å². The first-order valence-electron chi connectivity index (χ1n) is 3.12. The van der Waals surface area contributed by atoms with Gasteiger partial charge in [0.15, 0.2) is 0 Å². The first-order valence-corrected chi connectivity index (χ1v) is 3.12. The van der Waals surface area contributed by atoms with Crippen molar-refractivity contribution in [1.82, 2.24) is 5.32 Å². The Morgan fingerprint density at radius 1 is 1.11 bits per heavy atom. The molecular formula is C7H13NU. The van der Waals surface area contributed by atoms with E-state index in [9.17, 15) is 0 Å². The van der Waals surface area contributed by atoms with E-state index < -0.39 is 0 Å². The summed E-state index contributed by atoms with van der Waals surface area (Å²) in [7, 11) is 0. The number of piperidine rings is 1. The largest absolute Gasteiger partial charge is 2.00 e. The van der Waals surface area contributed by atoms with Crippen molar-refractivity contribution in [2.45, 2.75) is 12.8 Å². The molecule has 0 aromatic rings. The zero-order chi connectivity index (χ0) is 6.04. The summed E-state index contributed by atoms with van der Waals surface area (Å²) in [6.45, 7) is 10.1. The Balaban J connectivity index is 0.000000640. The number of hydrogen-bond donors (Lipinski definition) is 1. The second kappa shape index (κ2) is 4.01. The van der Waals surface area contributed by atoms with E-state index >= 15 is 0 Å². The first-order chi connectivity index (χ1) is 3.71. The molecule has 0 amide bonds. The maximum Gasteiger partial charge on any atom is 2.00 e. The zero-order valence-electron chi connectivity index (χ0n) is 5.74. The van der Waals surface area contributed by atoms with E-state index in [1.807, 2.05) is 0 Å². The van der Waals surface area contributed by atoms with Crippen molar-refractivity contribution in [3.05, 3.63) is 13.8 Å². The molecule has 1 saturated heterocycles. The van der Waals surface area contributed by atoms with Crippen molar-refractivity contribution < 1.29 is 31.1 Å². The quantitative estimate of drug-likeness (QED) is 0.644. The van der Waals surface area contributed by atoms with Gasteiger partial charge in [-0.15, -0.1) is 0 Å². The minimum Gasteiger partial charge on any atom is -0.367 e. The fourth-order valence-corrected chi connectivity index (χ4v) is 0.957. The second-order valence-corrected chi connectivity index (χ2v) is 2.75. The molecule has 0 atom stereocenters. The minimum atomic E-state index is 0. The molecule has 1 aliphatic rings. The molecule has 1 fully saturated rings. The van der Waals surface area contributed by atoms with Gasteiger partial charge in [-0.2, -0.15) is 0 Å². The second-order valence-electron chi connectivity index (χ2n) is 2.75. The van der Waals surface area contributed by atoms with Crippen molar-refractivity contribution in [3.8, 4) is 0 Å². The molecule has 0 unspecified atom stereocenters. The molecule has 0 radical (unpaired) electrons. The van der Waals surface area contributed by atoms with Gasteiger partial charge in [-0.25, -0.2) is 0 Å². The minimum absolute atomic E-state index is 0. The number of hydrogen-bond acceptors (Lipinski definition) is 1. The molecule has 50 valence electrons. The third-order valence-corrected chi connectivity index (χ3v) is 1.66. The fraction of sp³-hybridized carbons (Fsp3) is 0.714. The summed E-state index contributed by atoms with van der Waals surface area (Å²) >= 11 is 0. The molecule has 1 nitrogen and oxygen atoms in total. The van der Waals surface area contributed by atoms with Crippen molar-refractivity contribution in [2.24, 2.45) is 5.41 Å². The maximum atomic E-state index is 3.98. The van der Waals surface area contributed by atoms with Gasteiger partial charge < -0.3 is 19.2 Å². The summed E-state index contributed by atoms with van der Waals surface area (Å²) < 4.78 is 0. The van der Waals surface area contributed by atoms with Crippen LogP contribution in [0.3, 0.4) is 0 Å². The van der Waals surface area contributed by atoms with Gasteiger partial charge in [-0.3, -0.25) is 5.41 Å². The molecule has 0 aromatic heterocycles. The van der Waals surface area contributed by atoms with Gasteiger partial charge in [-0.1, -0.05) is 12.8 Å². The predicted molar refractivity (Wildman–Crippen MR) is 35.3 cm³/mol. The Morgan fingerprint density at radius 3 is 1.78 bits per heavy atom. The summed E-state index contributed by atoms with van der Waals surface area (Å²) in [6, 6.07) is 0. The summed E-state index contributed by atoms with van der Waals surface area (Å²) in [5, 5.41) is 3.26. The van der Waals surface area contributed by atoms with E-state index in [4.69, 9.17) is 0 Å². The van der Waals surface area contributed by atoms with Crippen LogP contribution >= 0.6 is 0 Å². The van der Waals surface area contributed by atoms with Crippen LogP contribution in [0.4, 0.5) is 0 Å². The molecule has 1 aliphatic heterocycles. The maximum absolute atomic E-state index is 3.98. The van der Waals surface area contributed by atoms with Crippen LogP contribution in [-0.2, 0) is 0 Å². The van der Waals surface area contributed by atoms with Gasteiger partial charge in [0.25, 0.3) is 0 Å². The summed E-state index contributed by atoms with van der Waals surface area (Å²) in [5.74, 6) is 0. The van der Waals surface area contributed by atoms with Crippen LogP contribution in [0.15, 0.2) is 0 Å². The Morgan fingerprint density at radius 2 is 1.56 bits per heavy atom. The molecular weight excluding hydrogens is 336 g/mol. The smallest absolute Gasteiger partial charge is 0.367 e. The van der Waals surface area contributed by atoms with Crippen LogP contribution in [0, 0.1) is 50.4 Å². The molecule has 0 aromatic carbocycles. The Hall–Kier alpha value is 1.01. The molecule has 0 aliphatic carbocycles. The van der Waals surface area contributed by atoms with Gasteiger partial charge in [0.05, 0.1) is 0 Å². The Bertz CT molecular complexity index is 73.0. The topological polar surface area (TPSA) is 12.0 Å². The van der Waals surface area contributed by atoms with E-state index in [-0.39, 0.29) is 36.5 Å². The summed E-state index contributed by atoms with van der Waals surface area (Å²) in [4.78, 5) is 0.